The summed E-state index contributed by atoms with van der Waals surface area (Å²) < 4.78 is 0. The van der Waals surface area contributed by atoms with Crippen LogP contribution in [0.15, 0.2) is 41.9 Å². The number of hydrogen-bond donors (Lipinski definition) is 0. The van der Waals surface area contributed by atoms with Crippen molar-refractivity contribution in [3.63, 3.8) is 0 Å². The van der Waals surface area contributed by atoms with Crippen LogP contribution in [-0.2, 0) is 6.42 Å². The van der Waals surface area contributed by atoms with E-state index in [0.717, 1.165) is 19.5 Å². The molecule has 0 aliphatic heterocycles. The number of nitrogens with zero attached hydrogens (tertiary/aromatic N) is 2. The quantitative estimate of drug-likeness (QED) is 0.791. The van der Waals surface area contributed by atoms with Crippen molar-refractivity contribution in [3.05, 3.63) is 52.5 Å². The lowest BCUT2D eigenvalue weighted by molar-refractivity contribution is 0.320. The lowest BCUT2D eigenvalue weighted by atomic mass is 10.1. The highest BCUT2D eigenvalue weighted by atomic mass is 32.1. The van der Waals surface area contributed by atoms with Crippen LogP contribution in [0, 0.1) is 0 Å². The minimum atomic E-state index is 0.519. The van der Waals surface area contributed by atoms with Gasteiger partial charge in [-0.25, -0.2) is 4.98 Å². The van der Waals surface area contributed by atoms with E-state index in [0.29, 0.717) is 5.92 Å². The van der Waals surface area contributed by atoms with Gasteiger partial charge in [-0.3, -0.25) is 0 Å². The Bertz CT molecular complexity index is 439. The Morgan fingerprint density at radius 3 is 2.72 bits per heavy atom. The monoisotopic (exact) mass is 260 g/mol. The summed E-state index contributed by atoms with van der Waals surface area (Å²) in [5, 5.41) is 3.29. The predicted octanol–water partition coefficient (Wildman–Crippen LogP) is 3.42. The normalized spacial score (nSPS) is 12.8. The Balaban J connectivity index is 1.77. The highest BCUT2D eigenvalue weighted by molar-refractivity contribution is 7.09. The lowest BCUT2D eigenvalue weighted by Gasteiger charge is -2.20. The fourth-order valence-corrected chi connectivity index (χ4v) is 2.77. The van der Waals surface area contributed by atoms with Crippen LogP contribution >= 0.6 is 11.3 Å². The SMILES string of the molecule is C[C@H](CN(C)CCc1ccccc1)c1nccs1. The van der Waals surface area contributed by atoms with Gasteiger partial charge in [0.05, 0.1) is 5.01 Å². The zero-order valence-corrected chi connectivity index (χ0v) is 11.9. The second kappa shape index (κ2) is 6.66. The molecule has 1 aromatic heterocycles. The molecule has 0 saturated carbocycles. The molecular weight excluding hydrogens is 240 g/mol. The molecule has 2 nitrogen and oxygen atoms in total. The Kier molecular flexibility index (Phi) is 4.90. The summed E-state index contributed by atoms with van der Waals surface area (Å²) in [5.41, 5.74) is 1.41. The van der Waals surface area contributed by atoms with Gasteiger partial charge in [-0.2, -0.15) is 0 Å². The van der Waals surface area contributed by atoms with E-state index in [1.54, 1.807) is 11.3 Å². The van der Waals surface area contributed by atoms with E-state index in [1.165, 1.54) is 10.6 Å². The molecule has 2 aromatic rings. The average Bonchev–Trinajstić information content (AvgIpc) is 2.91. The third kappa shape index (κ3) is 3.93. The highest BCUT2D eigenvalue weighted by Gasteiger charge is 2.10. The third-order valence-electron chi connectivity index (χ3n) is 3.08. The molecule has 1 aromatic carbocycles. The summed E-state index contributed by atoms with van der Waals surface area (Å²) in [7, 11) is 2.19. The van der Waals surface area contributed by atoms with E-state index >= 15 is 0 Å². The fourth-order valence-electron chi connectivity index (χ4n) is 2.08. The standard InChI is InChI=1S/C15H20N2S/c1-13(15-16-9-11-18-15)12-17(2)10-8-14-6-4-3-5-7-14/h3-7,9,11,13H,8,10,12H2,1-2H3/t13-/m1/s1. The van der Waals surface area contributed by atoms with E-state index in [2.05, 4.69) is 59.6 Å². The number of rotatable bonds is 6. The lowest BCUT2D eigenvalue weighted by Crippen LogP contribution is -2.25. The maximum atomic E-state index is 4.38. The van der Waals surface area contributed by atoms with Gasteiger partial charge in [0.25, 0.3) is 0 Å². The molecule has 0 amide bonds. The van der Waals surface area contributed by atoms with Gasteiger partial charge in [0, 0.05) is 30.6 Å². The largest absolute Gasteiger partial charge is 0.305 e. The number of likely N-dealkylation sites (N-methyl/N-ethyl adjacent to an activating group) is 1. The molecule has 3 heteroatoms. The van der Waals surface area contributed by atoms with E-state index < -0.39 is 0 Å². The molecular formula is C15H20N2S. The fraction of sp³-hybridized carbons (Fsp3) is 0.400. The minimum absolute atomic E-state index is 0.519. The van der Waals surface area contributed by atoms with Gasteiger partial charge < -0.3 is 4.90 Å². The summed E-state index contributed by atoms with van der Waals surface area (Å²) in [4.78, 5) is 6.77. The average molecular weight is 260 g/mol. The van der Waals surface area contributed by atoms with Crippen LogP contribution < -0.4 is 0 Å². The molecule has 0 fully saturated rings. The van der Waals surface area contributed by atoms with Crippen LogP contribution in [0.25, 0.3) is 0 Å². The molecule has 2 rings (SSSR count). The van der Waals surface area contributed by atoms with E-state index in [1.807, 2.05) is 6.20 Å². The topological polar surface area (TPSA) is 16.1 Å². The molecule has 0 aliphatic carbocycles. The van der Waals surface area contributed by atoms with Crippen LogP contribution in [0.4, 0.5) is 0 Å². The Labute approximate surface area is 113 Å². The van der Waals surface area contributed by atoms with Gasteiger partial charge in [0.15, 0.2) is 0 Å². The smallest absolute Gasteiger partial charge is 0.0965 e. The second-order valence-electron chi connectivity index (χ2n) is 4.77. The zero-order chi connectivity index (χ0) is 12.8. The zero-order valence-electron chi connectivity index (χ0n) is 11.0. The summed E-state index contributed by atoms with van der Waals surface area (Å²) in [6.07, 6.45) is 3.00. The van der Waals surface area contributed by atoms with E-state index in [-0.39, 0.29) is 0 Å². The minimum Gasteiger partial charge on any atom is -0.305 e. The van der Waals surface area contributed by atoms with Gasteiger partial charge in [0.1, 0.15) is 0 Å². The first-order valence-corrected chi connectivity index (χ1v) is 7.25. The molecule has 0 N–H and O–H groups in total. The molecule has 96 valence electrons. The summed E-state index contributed by atoms with van der Waals surface area (Å²) in [6.45, 7) is 4.41. The van der Waals surface area contributed by atoms with Crippen molar-refractivity contribution >= 4 is 11.3 Å². The molecule has 18 heavy (non-hydrogen) atoms. The van der Waals surface area contributed by atoms with E-state index in [4.69, 9.17) is 0 Å². The van der Waals surface area contributed by atoms with Crippen molar-refractivity contribution in [1.82, 2.24) is 9.88 Å². The van der Waals surface area contributed by atoms with Crippen molar-refractivity contribution in [2.45, 2.75) is 19.3 Å². The predicted molar refractivity (Wildman–Crippen MR) is 78.2 cm³/mol. The van der Waals surface area contributed by atoms with Gasteiger partial charge in [0.2, 0.25) is 0 Å². The second-order valence-corrected chi connectivity index (χ2v) is 5.70. The third-order valence-corrected chi connectivity index (χ3v) is 4.09. The van der Waals surface area contributed by atoms with Crippen molar-refractivity contribution in [2.75, 3.05) is 20.1 Å². The van der Waals surface area contributed by atoms with Gasteiger partial charge in [-0.05, 0) is 19.0 Å². The molecule has 0 radical (unpaired) electrons. The van der Waals surface area contributed by atoms with Crippen molar-refractivity contribution < 1.29 is 0 Å². The van der Waals surface area contributed by atoms with Gasteiger partial charge in [-0.15, -0.1) is 11.3 Å². The van der Waals surface area contributed by atoms with Crippen molar-refractivity contribution in [2.24, 2.45) is 0 Å². The maximum Gasteiger partial charge on any atom is 0.0965 e. The van der Waals surface area contributed by atoms with Crippen LogP contribution in [0.5, 0.6) is 0 Å². The van der Waals surface area contributed by atoms with Crippen LogP contribution in [-0.4, -0.2) is 30.0 Å². The summed E-state index contributed by atoms with van der Waals surface area (Å²) in [6, 6.07) is 10.7. The molecule has 1 atom stereocenters. The molecule has 0 aliphatic rings. The summed E-state index contributed by atoms with van der Waals surface area (Å²) in [5.74, 6) is 0.519. The van der Waals surface area contributed by atoms with Crippen LogP contribution in [0.1, 0.15) is 23.4 Å². The molecule has 0 bridgehead atoms. The Morgan fingerprint density at radius 2 is 2.06 bits per heavy atom. The number of thiazole rings is 1. The van der Waals surface area contributed by atoms with Crippen molar-refractivity contribution in [1.29, 1.82) is 0 Å². The first kappa shape index (κ1) is 13.2. The highest BCUT2D eigenvalue weighted by Crippen LogP contribution is 2.18. The maximum absolute atomic E-state index is 4.38. The van der Waals surface area contributed by atoms with Crippen LogP contribution in [0.2, 0.25) is 0 Å². The molecule has 0 unspecified atom stereocenters. The first-order valence-electron chi connectivity index (χ1n) is 6.37. The number of hydrogen-bond acceptors (Lipinski definition) is 3. The number of aromatic nitrogens is 1. The first-order chi connectivity index (χ1) is 8.75. The van der Waals surface area contributed by atoms with Gasteiger partial charge in [-0.1, -0.05) is 37.3 Å². The Morgan fingerprint density at radius 1 is 1.28 bits per heavy atom. The Hall–Kier alpha value is -1.19. The van der Waals surface area contributed by atoms with Crippen molar-refractivity contribution in [3.8, 4) is 0 Å². The van der Waals surface area contributed by atoms with Gasteiger partial charge >= 0.3 is 0 Å². The van der Waals surface area contributed by atoms with E-state index in [9.17, 15) is 0 Å². The molecule has 0 spiro atoms. The summed E-state index contributed by atoms with van der Waals surface area (Å²) >= 11 is 1.75. The van der Waals surface area contributed by atoms with Crippen LogP contribution in [0.3, 0.4) is 0 Å². The number of benzene rings is 1. The molecule has 1 heterocycles. The molecule has 0 saturated heterocycles.